The van der Waals surface area contributed by atoms with E-state index in [-0.39, 0.29) is 25.3 Å². The third-order valence-electron chi connectivity index (χ3n) is 2.71. The number of hydrogen-bond donors (Lipinski definition) is 1. The van der Waals surface area contributed by atoms with Crippen molar-refractivity contribution in [1.29, 1.82) is 0 Å². The van der Waals surface area contributed by atoms with Crippen molar-refractivity contribution in [2.45, 2.75) is 6.04 Å². The first-order chi connectivity index (χ1) is 8.61. The number of ketones is 1. The van der Waals surface area contributed by atoms with Crippen molar-refractivity contribution < 1.29 is 23.8 Å². The molecular formula is C11H11FN2O4. The summed E-state index contributed by atoms with van der Waals surface area (Å²) < 4.78 is 18.5. The quantitative estimate of drug-likeness (QED) is 0.789. The third kappa shape index (κ3) is 2.30. The minimum absolute atomic E-state index is 0.0626. The summed E-state index contributed by atoms with van der Waals surface area (Å²) in [6.45, 7) is 0.264. The zero-order chi connectivity index (χ0) is 13.1. The molecule has 1 saturated heterocycles. The van der Waals surface area contributed by atoms with E-state index in [9.17, 15) is 14.0 Å². The van der Waals surface area contributed by atoms with Crippen LogP contribution in [0.3, 0.4) is 0 Å². The van der Waals surface area contributed by atoms with Gasteiger partial charge in [-0.3, -0.25) is 14.7 Å². The van der Waals surface area contributed by atoms with Crippen molar-refractivity contribution in [3.05, 3.63) is 29.8 Å². The molecule has 1 aromatic heterocycles. The Balaban J connectivity index is 2.27. The number of carbonyl (C=O) groups is 2. The molecule has 1 N–H and O–H groups in total. The fraction of sp³-hybridized carbons (Fsp3) is 0.364. The zero-order valence-corrected chi connectivity index (χ0v) is 9.38. The highest BCUT2D eigenvalue weighted by molar-refractivity contribution is 6.01. The van der Waals surface area contributed by atoms with E-state index >= 15 is 0 Å². The van der Waals surface area contributed by atoms with Gasteiger partial charge in [0.05, 0.1) is 25.0 Å². The van der Waals surface area contributed by atoms with Gasteiger partial charge in [-0.05, 0) is 6.07 Å². The van der Waals surface area contributed by atoms with E-state index in [4.69, 9.17) is 9.84 Å². The summed E-state index contributed by atoms with van der Waals surface area (Å²) in [7, 11) is 0. The Bertz CT molecular complexity index is 480. The van der Waals surface area contributed by atoms with Gasteiger partial charge < -0.3 is 9.84 Å². The smallest absolute Gasteiger partial charge is 0.408 e. The lowest BCUT2D eigenvalue weighted by Crippen LogP contribution is -2.52. The van der Waals surface area contributed by atoms with Crippen molar-refractivity contribution in [3.8, 4) is 0 Å². The summed E-state index contributed by atoms with van der Waals surface area (Å²) in [6, 6.07) is 0.222. The Labute approximate surface area is 102 Å². The molecule has 0 spiro atoms. The number of pyridine rings is 1. The van der Waals surface area contributed by atoms with Gasteiger partial charge in [0, 0.05) is 12.7 Å². The van der Waals surface area contributed by atoms with Gasteiger partial charge in [-0.2, -0.15) is 0 Å². The van der Waals surface area contributed by atoms with E-state index in [1.807, 2.05) is 0 Å². The Morgan fingerprint density at radius 1 is 1.56 bits per heavy atom. The maximum absolute atomic E-state index is 13.4. The van der Waals surface area contributed by atoms with Gasteiger partial charge in [-0.15, -0.1) is 0 Å². The second-order valence-electron chi connectivity index (χ2n) is 3.79. The van der Waals surface area contributed by atoms with Gasteiger partial charge in [0.15, 0.2) is 11.6 Å². The number of amides is 1. The number of halogens is 1. The predicted molar refractivity (Wildman–Crippen MR) is 57.9 cm³/mol. The molecule has 1 aromatic rings. The van der Waals surface area contributed by atoms with Crippen LogP contribution in [0.5, 0.6) is 0 Å². The molecule has 0 aliphatic carbocycles. The van der Waals surface area contributed by atoms with Crippen LogP contribution in [-0.2, 0) is 4.74 Å². The van der Waals surface area contributed by atoms with Crippen LogP contribution in [0.4, 0.5) is 9.18 Å². The molecule has 0 radical (unpaired) electrons. The molecule has 1 aliphatic heterocycles. The molecule has 7 heteroatoms. The van der Waals surface area contributed by atoms with Crippen molar-refractivity contribution in [3.63, 3.8) is 0 Å². The molecule has 96 valence electrons. The largest absolute Gasteiger partial charge is 0.465 e. The van der Waals surface area contributed by atoms with E-state index < -0.39 is 23.7 Å². The highest BCUT2D eigenvalue weighted by atomic mass is 19.1. The number of rotatable bonds is 2. The number of nitrogens with zero attached hydrogens (tertiary/aromatic N) is 2. The Morgan fingerprint density at radius 2 is 2.33 bits per heavy atom. The molecule has 0 bridgehead atoms. The minimum Gasteiger partial charge on any atom is -0.465 e. The molecule has 1 fully saturated rings. The van der Waals surface area contributed by atoms with E-state index in [0.29, 0.717) is 0 Å². The maximum Gasteiger partial charge on any atom is 0.408 e. The van der Waals surface area contributed by atoms with Crippen molar-refractivity contribution in [1.82, 2.24) is 9.88 Å². The lowest BCUT2D eigenvalue weighted by Gasteiger charge is -2.32. The average molecular weight is 254 g/mol. The van der Waals surface area contributed by atoms with Crippen LogP contribution in [0.1, 0.15) is 10.4 Å². The first-order valence-corrected chi connectivity index (χ1v) is 5.32. The van der Waals surface area contributed by atoms with Crippen LogP contribution in [-0.4, -0.2) is 52.7 Å². The molecule has 0 aromatic carbocycles. The van der Waals surface area contributed by atoms with Crippen LogP contribution in [0, 0.1) is 5.82 Å². The SMILES string of the molecule is O=C(c1ccncc1F)C1COCCN1C(=O)O. The highest BCUT2D eigenvalue weighted by Crippen LogP contribution is 2.15. The van der Waals surface area contributed by atoms with Crippen molar-refractivity contribution in [2.75, 3.05) is 19.8 Å². The van der Waals surface area contributed by atoms with E-state index in [1.165, 1.54) is 12.3 Å². The van der Waals surface area contributed by atoms with E-state index in [2.05, 4.69) is 4.98 Å². The number of ether oxygens (including phenoxy) is 1. The highest BCUT2D eigenvalue weighted by Gasteiger charge is 2.34. The third-order valence-corrected chi connectivity index (χ3v) is 2.71. The van der Waals surface area contributed by atoms with Crippen LogP contribution in [0.25, 0.3) is 0 Å². The average Bonchev–Trinajstić information content (AvgIpc) is 2.38. The second-order valence-corrected chi connectivity index (χ2v) is 3.79. The van der Waals surface area contributed by atoms with Gasteiger partial charge in [-0.25, -0.2) is 9.18 Å². The Kier molecular flexibility index (Phi) is 3.52. The molecule has 1 amide bonds. The Morgan fingerprint density at radius 3 is 3.00 bits per heavy atom. The standard InChI is InChI=1S/C11H11FN2O4/c12-8-5-13-2-1-7(8)10(15)9-6-18-4-3-14(9)11(16)17/h1-2,5,9H,3-4,6H2,(H,16,17). The second kappa shape index (κ2) is 5.09. The van der Waals surface area contributed by atoms with E-state index in [0.717, 1.165) is 11.1 Å². The summed E-state index contributed by atoms with van der Waals surface area (Å²) in [6.07, 6.45) is 0.985. The Hall–Kier alpha value is -2.02. The van der Waals surface area contributed by atoms with E-state index in [1.54, 1.807) is 0 Å². The van der Waals surface area contributed by atoms with Gasteiger partial charge >= 0.3 is 6.09 Å². The molecule has 18 heavy (non-hydrogen) atoms. The number of Topliss-reactive ketones (excluding diaryl/α,β-unsaturated/α-hetero) is 1. The lowest BCUT2D eigenvalue weighted by atomic mass is 10.0. The first-order valence-electron chi connectivity index (χ1n) is 5.32. The van der Waals surface area contributed by atoms with Crippen molar-refractivity contribution >= 4 is 11.9 Å². The number of carboxylic acid groups (broad SMARTS) is 1. The fourth-order valence-electron chi connectivity index (χ4n) is 1.80. The van der Waals surface area contributed by atoms with Gasteiger partial charge in [0.25, 0.3) is 0 Å². The monoisotopic (exact) mass is 254 g/mol. The number of aromatic nitrogens is 1. The fourth-order valence-corrected chi connectivity index (χ4v) is 1.80. The molecule has 1 atom stereocenters. The normalized spacial score (nSPS) is 19.6. The van der Waals surface area contributed by atoms with Gasteiger partial charge in [0.2, 0.25) is 0 Å². The molecule has 0 saturated carbocycles. The summed E-state index contributed by atoms with van der Waals surface area (Å²) >= 11 is 0. The van der Waals surface area contributed by atoms with Crippen LogP contribution >= 0.6 is 0 Å². The van der Waals surface area contributed by atoms with Crippen LogP contribution in [0.15, 0.2) is 18.5 Å². The molecule has 6 nitrogen and oxygen atoms in total. The zero-order valence-electron chi connectivity index (χ0n) is 9.38. The van der Waals surface area contributed by atoms with Gasteiger partial charge in [0.1, 0.15) is 6.04 Å². The summed E-state index contributed by atoms with van der Waals surface area (Å²) in [4.78, 5) is 27.6. The molecule has 2 rings (SSSR count). The summed E-state index contributed by atoms with van der Waals surface area (Å²) in [5.74, 6) is -1.38. The van der Waals surface area contributed by atoms with Crippen molar-refractivity contribution in [2.24, 2.45) is 0 Å². The topological polar surface area (TPSA) is 79.7 Å². The maximum atomic E-state index is 13.4. The number of hydrogen-bond acceptors (Lipinski definition) is 4. The van der Waals surface area contributed by atoms with Crippen LogP contribution < -0.4 is 0 Å². The lowest BCUT2D eigenvalue weighted by molar-refractivity contribution is 0.00408. The van der Waals surface area contributed by atoms with Crippen LogP contribution in [0.2, 0.25) is 0 Å². The van der Waals surface area contributed by atoms with Gasteiger partial charge in [-0.1, -0.05) is 0 Å². The number of morpholine rings is 1. The molecule has 1 unspecified atom stereocenters. The summed E-state index contributed by atoms with van der Waals surface area (Å²) in [5.41, 5.74) is -0.174. The number of carbonyl (C=O) groups excluding carboxylic acids is 1. The first kappa shape index (κ1) is 12.4. The minimum atomic E-state index is -1.22. The predicted octanol–water partition coefficient (Wildman–Crippen LogP) is 0.782. The summed E-state index contributed by atoms with van der Waals surface area (Å²) in [5, 5.41) is 8.99. The molecule has 2 heterocycles. The molecule has 1 aliphatic rings. The molecular weight excluding hydrogens is 243 g/mol.